The van der Waals surface area contributed by atoms with Crippen LogP contribution < -0.4 is 4.72 Å². The lowest BCUT2D eigenvalue weighted by Gasteiger charge is -1.97. The maximum absolute atomic E-state index is 6.20. The molecule has 0 saturated carbocycles. The summed E-state index contributed by atoms with van der Waals surface area (Å²) in [6.45, 7) is 0. The zero-order chi connectivity index (χ0) is 11.4. The Kier molecular flexibility index (Phi) is 2.06. The normalized spacial score (nSPS) is 14.2. The first-order valence-corrected chi connectivity index (χ1v) is 7.69. The topological polar surface area (TPSA) is 27.8 Å². The van der Waals surface area contributed by atoms with Crippen LogP contribution in [0.5, 0.6) is 0 Å². The van der Waals surface area contributed by atoms with Gasteiger partial charge in [0.25, 0.3) is 0 Å². The van der Waals surface area contributed by atoms with Crippen molar-refractivity contribution in [3.8, 4) is 0 Å². The van der Waals surface area contributed by atoms with Gasteiger partial charge in [-0.05, 0) is 29.0 Å². The summed E-state index contributed by atoms with van der Waals surface area (Å²) in [7, 11) is 3.40. The predicted octanol–water partition coefficient (Wildman–Crippen LogP) is 5.06. The largest absolute Gasteiger partial charge is 0.353 e. The molecule has 2 heterocycles. The van der Waals surface area contributed by atoms with Crippen molar-refractivity contribution in [2.24, 2.45) is 0 Å². The molecular formula is C12H7ClN2S2. The van der Waals surface area contributed by atoms with E-state index in [-0.39, 0.29) is 0 Å². The summed E-state index contributed by atoms with van der Waals surface area (Å²) in [5.41, 5.74) is 3.35. The van der Waals surface area contributed by atoms with Crippen LogP contribution in [0.2, 0.25) is 5.02 Å². The molecule has 5 heteroatoms. The highest BCUT2D eigenvalue weighted by atomic mass is 35.5. The highest BCUT2D eigenvalue weighted by Gasteiger charge is 2.15. The number of aromatic amines is 1. The number of benzene rings is 2. The highest BCUT2D eigenvalue weighted by molar-refractivity contribution is 8.77. The Morgan fingerprint density at radius 2 is 2.06 bits per heavy atom. The summed E-state index contributed by atoms with van der Waals surface area (Å²) in [6.07, 6.45) is 0. The summed E-state index contributed by atoms with van der Waals surface area (Å²) in [5.74, 6) is 0. The van der Waals surface area contributed by atoms with Crippen molar-refractivity contribution >= 4 is 60.9 Å². The Bertz CT molecular complexity index is 751. The average molecular weight is 279 g/mol. The molecule has 1 aliphatic heterocycles. The highest BCUT2D eigenvalue weighted by Crippen LogP contribution is 2.47. The molecule has 4 rings (SSSR count). The lowest BCUT2D eigenvalue weighted by atomic mass is 10.1. The molecule has 0 spiro atoms. The Balaban J connectivity index is 2.19. The Hall–Kier alpha value is -0.970. The van der Waals surface area contributed by atoms with Crippen LogP contribution in [-0.4, -0.2) is 4.98 Å². The zero-order valence-corrected chi connectivity index (χ0v) is 11.0. The van der Waals surface area contributed by atoms with Gasteiger partial charge in [0.1, 0.15) is 0 Å². The van der Waals surface area contributed by atoms with Crippen LogP contribution >= 0.6 is 33.4 Å². The molecular weight excluding hydrogens is 272 g/mol. The van der Waals surface area contributed by atoms with Gasteiger partial charge in [-0.3, -0.25) is 0 Å². The van der Waals surface area contributed by atoms with E-state index in [4.69, 9.17) is 11.6 Å². The molecule has 0 bridgehead atoms. The van der Waals surface area contributed by atoms with Crippen LogP contribution in [0.1, 0.15) is 0 Å². The predicted molar refractivity (Wildman–Crippen MR) is 77.9 cm³/mol. The molecule has 2 aromatic carbocycles. The summed E-state index contributed by atoms with van der Waals surface area (Å²) in [5, 5.41) is 3.17. The summed E-state index contributed by atoms with van der Waals surface area (Å²) in [6, 6.07) is 10.4. The van der Waals surface area contributed by atoms with Crippen molar-refractivity contribution < 1.29 is 0 Å². The SMILES string of the molecule is Clc1cccc2c1[nH]c1cc3c(cc12)NSS3. The van der Waals surface area contributed by atoms with Gasteiger partial charge < -0.3 is 9.71 Å². The van der Waals surface area contributed by atoms with Gasteiger partial charge in [-0.25, -0.2) is 0 Å². The lowest BCUT2D eigenvalue weighted by molar-refractivity contribution is 1.48. The van der Waals surface area contributed by atoms with E-state index in [1.54, 1.807) is 21.8 Å². The first kappa shape index (κ1) is 10.00. The second-order valence-corrected chi connectivity index (χ2v) is 6.33. The molecule has 0 fully saturated rings. The minimum atomic E-state index is 0.772. The van der Waals surface area contributed by atoms with Crippen molar-refractivity contribution in [1.29, 1.82) is 0 Å². The van der Waals surface area contributed by atoms with Crippen molar-refractivity contribution in [2.75, 3.05) is 4.72 Å². The monoisotopic (exact) mass is 278 g/mol. The van der Waals surface area contributed by atoms with Crippen LogP contribution in [0.3, 0.4) is 0 Å². The number of halogens is 1. The number of aromatic nitrogens is 1. The van der Waals surface area contributed by atoms with Gasteiger partial charge in [0.05, 0.1) is 16.2 Å². The van der Waals surface area contributed by atoms with E-state index >= 15 is 0 Å². The lowest BCUT2D eigenvalue weighted by Crippen LogP contribution is -1.78. The molecule has 0 radical (unpaired) electrons. The molecule has 0 saturated heterocycles. The van der Waals surface area contributed by atoms with Gasteiger partial charge in [0.15, 0.2) is 0 Å². The minimum Gasteiger partial charge on any atom is -0.353 e. The molecule has 84 valence electrons. The second-order valence-electron chi connectivity index (χ2n) is 3.95. The van der Waals surface area contributed by atoms with Crippen molar-refractivity contribution in [2.45, 2.75) is 4.90 Å². The number of fused-ring (bicyclic) bond motifs is 4. The van der Waals surface area contributed by atoms with Gasteiger partial charge in [-0.15, -0.1) is 0 Å². The van der Waals surface area contributed by atoms with Crippen molar-refractivity contribution in [1.82, 2.24) is 4.98 Å². The Labute approximate surface area is 111 Å². The molecule has 0 atom stereocenters. The van der Waals surface area contributed by atoms with Gasteiger partial charge in [0, 0.05) is 32.2 Å². The van der Waals surface area contributed by atoms with E-state index in [0.717, 1.165) is 16.1 Å². The fraction of sp³-hybridized carbons (Fsp3) is 0. The molecule has 2 N–H and O–H groups in total. The van der Waals surface area contributed by atoms with Crippen molar-refractivity contribution in [3.63, 3.8) is 0 Å². The first-order valence-electron chi connectivity index (χ1n) is 5.16. The van der Waals surface area contributed by atoms with E-state index in [9.17, 15) is 0 Å². The maximum atomic E-state index is 6.20. The average Bonchev–Trinajstić information content (AvgIpc) is 2.90. The fourth-order valence-corrected chi connectivity index (χ4v) is 4.30. The van der Waals surface area contributed by atoms with Crippen LogP contribution in [0.4, 0.5) is 5.69 Å². The molecule has 17 heavy (non-hydrogen) atoms. The van der Waals surface area contributed by atoms with Crippen LogP contribution in [0.25, 0.3) is 21.8 Å². The third kappa shape index (κ3) is 1.38. The Morgan fingerprint density at radius 1 is 1.12 bits per heavy atom. The molecule has 2 nitrogen and oxygen atoms in total. The zero-order valence-electron chi connectivity index (χ0n) is 8.58. The number of rotatable bonds is 0. The number of para-hydroxylation sites is 1. The van der Waals surface area contributed by atoms with Gasteiger partial charge in [-0.2, -0.15) is 0 Å². The van der Waals surface area contributed by atoms with E-state index in [0.29, 0.717) is 0 Å². The number of hydrogen-bond acceptors (Lipinski definition) is 3. The summed E-state index contributed by atoms with van der Waals surface area (Å²) < 4.78 is 3.29. The Morgan fingerprint density at radius 3 is 3.00 bits per heavy atom. The van der Waals surface area contributed by atoms with E-state index in [2.05, 4.69) is 27.9 Å². The van der Waals surface area contributed by atoms with E-state index in [1.807, 2.05) is 12.1 Å². The van der Waals surface area contributed by atoms with Gasteiger partial charge in [-0.1, -0.05) is 23.7 Å². The second kappa shape index (κ2) is 3.51. The van der Waals surface area contributed by atoms with Crippen LogP contribution in [-0.2, 0) is 0 Å². The molecule has 1 aliphatic rings. The summed E-state index contributed by atoms with van der Waals surface area (Å²) >= 11 is 6.20. The molecule has 0 amide bonds. The number of anilines is 1. The fourth-order valence-electron chi connectivity index (χ4n) is 2.18. The summed E-state index contributed by atoms with van der Waals surface area (Å²) in [4.78, 5) is 4.66. The van der Waals surface area contributed by atoms with E-state index < -0.39 is 0 Å². The number of H-pyrrole nitrogens is 1. The molecule has 0 unspecified atom stereocenters. The first-order chi connectivity index (χ1) is 8.33. The standard InChI is InChI=1S/C12H7ClN2S2/c13-8-3-1-2-6-7-4-10-11(16-17-15-10)5-9(7)14-12(6)8/h1-5,14-15H. The third-order valence-corrected chi connectivity index (χ3v) is 5.22. The van der Waals surface area contributed by atoms with Crippen LogP contribution in [0, 0.1) is 0 Å². The quantitative estimate of drug-likeness (QED) is 0.445. The molecule has 1 aromatic heterocycles. The smallest absolute Gasteiger partial charge is 0.0654 e. The molecule has 3 aromatic rings. The number of nitrogens with one attached hydrogen (secondary N) is 2. The van der Waals surface area contributed by atoms with Gasteiger partial charge in [0.2, 0.25) is 0 Å². The van der Waals surface area contributed by atoms with Crippen molar-refractivity contribution in [3.05, 3.63) is 35.4 Å². The maximum Gasteiger partial charge on any atom is 0.0654 e. The molecule has 0 aliphatic carbocycles. The van der Waals surface area contributed by atoms with E-state index in [1.165, 1.54) is 21.4 Å². The third-order valence-electron chi connectivity index (χ3n) is 2.97. The number of hydrogen-bond donors (Lipinski definition) is 2. The van der Waals surface area contributed by atoms with Gasteiger partial charge >= 0.3 is 0 Å². The minimum absolute atomic E-state index is 0.772. The van der Waals surface area contributed by atoms with Crippen LogP contribution in [0.15, 0.2) is 35.2 Å².